The zero-order chi connectivity index (χ0) is 6.04. The fraction of sp³-hybridized carbons (Fsp3) is 1.00. The van der Waals surface area contributed by atoms with E-state index in [-0.39, 0.29) is 9.68 Å². The van der Waals surface area contributed by atoms with Crippen molar-refractivity contribution in [3.63, 3.8) is 0 Å². The SMILES string of the molecule is CC1([SiH2]N)CCCC1. The summed E-state index contributed by atoms with van der Waals surface area (Å²) in [6.07, 6.45) is 5.69. The summed E-state index contributed by atoms with van der Waals surface area (Å²) in [4.78, 5) is 0. The molecule has 0 radical (unpaired) electrons. The molecule has 1 rings (SSSR count). The standard InChI is InChI=1S/C6H15NSi/c1-6(8-7)4-2-3-5-6/h2-5,7-8H2,1H3. The first-order valence-electron chi connectivity index (χ1n) is 3.47. The third-order valence-electron chi connectivity index (χ3n) is 2.30. The molecule has 0 saturated heterocycles. The summed E-state index contributed by atoms with van der Waals surface area (Å²) in [5.74, 6) is 0. The first-order valence-corrected chi connectivity index (χ1v) is 4.99. The third kappa shape index (κ3) is 1.12. The normalized spacial score (nSPS) is 27.8. The molecule has 0 unspecified atom stereocenters. The Bertz CT molecular complexity index is 76.6. The van der Waals surface area contributed by atoms with Gasteiger partial charge in [-0.2, -0.15) is 0 Å². The number of rotatable bonds is 1. The molecular formula is C6H15NSi. The maximum atomic E-state index is 5.71. The largest absolute Gasteiger partial charge is 0.355 e. The quantitative estimate of drug-likeness (QED) is 0.520. The smallest absolute Gasteiger partial charge is 0.0948 e. The Morgan fingerprint density at radius 3 is 2.12 bits per heavy atom. The van der Waals surface area contributed by atoms with Crippen LogP contribution in [0.3, 0.4) is 0 Å². The maximum absolute atomic E-state index is 5.71. The molecule has 0 bridgehead atoms. The van der Waals surface area contributed by atoms with E-state index in [2.05, 4.69) is 6.92 Å². The van der Waals surface area contributed by atoms with Gasteiger partial charge in [-0.3, -0.25) is 0 Å². The van der Waals surface area contributed by atoms with Crippen molar-refractivity contribution in [3.05, 3.63) is 0 Å². The monoisotopic (exact) mass is 129 g/mol. The molecule has 1 nitrogen and oxygen atoms in total. The van der Waals surface area contributed by atoms with Crippen LogP contribution in [0.1, 0.15) is 32.6 Å². The molecule has 2 N–H and O–H groups in total. The van der Waals surface area contributed by atoms with Crippen molar-refractivity contribution in [3.8, 4) is 0 Å². The number of hydrogen-bond donors (Lipinski definition) is 1. The van der Waals surface area contributed by atoms with Gasteiger partial charge in [0.15, 0.2) is 0 Å². The first kappa shape index (κ1) is 6.30. The molecule has 8 heavy (non-hydrogen) atoms. The van der Waals surface area contributed by atoms with E-state index in [0.29, 0.717) is 5.04 Å². The molecule has 0 aromatic rings. The fourth-order valence-corrected chi connectivity index (χ4v) is 2.34. The van der Waals surface area contributed by atoms with Gasteiger partial charge in [-0.05, 0) is 17.9 Å². The highest BCUT2D eigenvalue weighted by Crippen LogP contribution is 2.41. The molecule has 0 atom stereocenters. The predicted molar refractivity (Wildman–Crippen MR) is 39.6 cm³/mol. The second-order valence-corrected chi connectivity index (χ2v) is 5.34. The zero-order valence-corrected chi connectivity index (χ0v) is 7.03. The van der Waals surface area contributed by atoms with Gasteiger partial charge in [-0.1, -0.05) is 19.8 Å². The van der Waals surface area contributed by atoms with Crippen LogP contribution in [0.4, 0.5) is 0 Å². The van der Waals surface area contributed by atoms with Crippen LogP contribution in [0.15, 0.2) is 0 Å². The summed E-state index contributed by atoms with van der Waals surface area (Å²) >= 11 is 0. The molecule has 48 valence electrons. The van der Waals surface area contributed by atoms with Crippen molar-refractivity contribution in [2.75, 3.05) is 0 Å². The summed E-state index contributed by atoms with van der Waals surface area (Å²) in [6, 6.07) is 0. The van der Waals surface area contributed by atoms with Crippen molar-refractivity contribution in [1.82, 2.24) is 0 Å². The lowest BCUT2D eigenvalue weighted by Gasteiger charge is -2.18. The van der Waals surface area contributed by atoms with Gasteiger partial charge < -0.3 is 5.40 Å². The molecule has 0 amide bonds. The molecule has 0 spiro atoms. The van der Waals surface area contributed by atoms with Crippen LogP contribution in [-0.2, 0) is 0 Å². The average Bonchev–Trinajstić information content (AvgIpc) is 2.17. The Labute approximate surface area is 53.6 Å². The minimum absolute atomic E-state index is 0.206. The van der Waals surface area contributed by atoms with E-state index in [1.54, 1.807) is 0 Å². The molecule has 1 aliphatic rings. The van der Waals surface area contributed by atoms with Crippen molar-refractivity contribution >= 4 is 9.68 Å². The highest BCUT2D eigenvalue weighted by atomic mass is 28.2. The zero-order valence-electron chi connectivity index (χ0n) is 5.61. The average molecular weight is 129 g/mol. The summed E-state index contributed by atoms with van der Waals surface area (Å²) < 4.78 is 0. The Morgan fingerprint density at radius 1 is 1.38 bits per heavy atom. The van der Waals surface area contributed by atoms with Gasteiger partial charge >= 0.3 is 0 Å². The number of hydrogen-bond acceptors (Lipinski definition) is 1. The van der Waals surface area contributed by atoms with Gasteiger partial charge in [0.1, 0.15) is 0 Å². The van der Waals surface area contributed by atoms with Gasteiger partial charge in [0.05, 0.1) is 9.68 Å². The van der Waals surface area contributed by atoms with E-state index >= 15 is 0 Å². The molecule has 0 aromatic carbocycles. The number of nitrogens with two attached hydrogens (primary N) is 1. The van der Waals surface area contributed by atoms with E-state index in [1.807, 2.05) is 0 Å². The van der Waals surface area contributed by atoms with Crippen LogP contribution in [0.25, 0.3) is 0 Å². The summed E-state index contributed by atoms with van der Waals surface area (Å²) in [5, 5.41) is 6.36. The highest BCUT2D eigenvalue weighted by Gasteiger charge is 2.26. The van der Waals surface area contributed by atoms with Gasteiger partial charge in [0, 0.05) is 0 Å². The molecule has 1 fully saturated rings. The lowest BCUT2D eigenvalue weighted by atomic mass is 10.1. The predicted octanol–water partition coefficient (Wildman–Crippen LogP) is 0.782. The Morgan fingerprint density at radius 2 is 1.88 bits per heavy atom. The Kier molecular flexibility index (Phi) is 1.73. The fourth-order valence-electron chi connectivity index (χ4n) is 1.43. The van der Waals surface area contributed by atoms with Gasteiger partial charge in [0.2, 0.25) is 0 Å². The second-order valence-electron chi connectivity index (χ2n) is 3.22. The molecule has 0 aliphatic heterocycles. The summed E-state index contributed by atoms with van der Waals surface area (Å²) in [5.41, 5.74) is 0. The van der Waals surface area contributed by atoms with E-state index in [4.69, 9.17) is 5.40 Å². The van der Waals surface area contributed by atoms with Crippen molar-refractivity contribution in [2.24, 2.45) is 5.40 Å². The molecule has 1 saturated carbocycles. The molecule has 2 heteroatoms. The molecule has 1 aliphatic carbocycles. The third-order valence-corrected chi connectivity index (χ3v) is 4.00. The van der Waals surface area contributed by atoms with E-state index in [1.165, 1.54) is 25.7 Å². The Balaban J connectivity index is 2.40. The lowest BCUT2D eigenvalue weighted by Crippen LogP contribution is -2.20. The van der Waals surface area contributed by atoms with Crippen LogP contribution in [0, 0.1) is 0 Å². The van der Waals surface area contributed by atoms with Crippen LogP contribution in [0.2, 0.25) is 5.04 Å². The van der Waals surface area contributed by atoms with Gasteiger partial charge in [0.25, 0.3) is 0 Å². The second kappa shape index (κ2) is 2.19. The minimum atomic E-state index is -0.206. The van der Waals surface area contributed by atoms with Crippen LogP contribution >= 0.6 is 0 Å². The topological polar surface area (TPSA) is 26.0 Å². The Hall–Kier alpha value is 0.177. The molecule has 0 aromatic heterocycles. The molecule has 0 heterocycles. The minimum Gasteiger partial charge on any atom is -0.355 e. The van der Waals surface area contributed by atoms with Crippen molar-refractivity contribution < 1.29 is 0 Å². The first-order chi connectivity index (χ1) is 3.77. The van der Waals surface area contributed by atoms with Crippen LogP contribution in [-0.4, -0.2) is 9.68 Å². The van der Waals surface area contributed by atoms with Crippen LogP contribution < -0.4 is 5.40 Å². The van der Waals surface area contributed by atoms with Gasteiger partial charge in [-0.25, -0.2) is 0 Å². The summed E-state index contributed by atoms with van der Waals surface area (Å²) in [6.45, 7) is 2.35. The van der Waals surface area contributed by atoms with Crippen LogP contribution in [0.5, 0.6) is 0 Å². The van der Waals surface area contributed by atoms with E-state index < -0.39 is 0 Å². The van der Waals surface area contributed by atoms with Crippen molar-refractivity contribution in [1.29, 1.82) is 0 Å². The van der Waals surface area contributed by atoms with Gasteiger partial charge in [-0.15, -0.1) is 0 Å². The maximum Gasteiger partial charge on any atom is 0.0948 e. The van der Waals surface area contributed by atoms with Crippen molar-refractivity contribution in [2.45, 2.75) is 37.6 Å². The molecular weight excluding hydrogens is 114 g/mol. The summed E-state index contributed by atoms with van der Waals surface area (Å²) in [7, 11) is -0.206. The van der Waals surface area contributed by atoms with E-state index in [9.17, 15) is 0 Å². The lowest BCUT2D eigenvalue weighted by molar-refractivity contribution is 0.629. The highest BCUT2D eigenvalue weighted by molar-refractivity contribution is 6.35. The van der Waals surface area contributed by atoms with E-state index in [0.717, 1.165) is 0 Å².